The summed E-state index contributed by atoms with van der Waals surface area (Å²) in [6.07, 6.45) is 0.882. The number of hydrogen-bond donors (Lipinski definition) is 1. The van der Waals surface area contributed by atoms with Gasteiger partial charge in [-0.2, -0.15) is 0 Å². The summed E-state index contributed by atoms with van der Waals surface area (Å²) in [5.74, 6) is 0.672. The van der Waals surface area contributed by atoms with Crippen molar-refractivity contribution in [3.63, 3.8) is 0 Å². The molecule has 0 unspecified atom stereocenters. The number of carbonyl (C=O) groups excluding carboxylic acids is 1. The van der Waals surface area contributed by atoms with Crippen LogP contribution >= 0.6 is 11.3 Å². The number of thiazole rings is 1. The van der Waals surface area contributed by atoms with Crippen molar-refractivity contribution < 1.29 is 9.53 Å². The van der Waals surface area contributed by atoms with Crippen molar-refractivity contribution in [1.29, 1.82) is 0 Å². The zero-order chi connectivity index (χ0) is 16.2. The lowest BCUT2D eigenvalue weighted by molar-refractivity contribution is 0.0911. The Kier molecular flexibility index (Phi) is 5.19. The fourth-order valence-electron chi connectivity index (χ4n) is 1.80. The molecule has 118 valence electrons. The van der Waals surface area contributed by atoms with Crippen molar-refractivity contribution in [2.75, 3.05) is 0 Å². The van der Waals surface area contributed by atoms with Gasteiger partial charge in [0.05, 0.1) is 10.7 Å². The molecule has 0 spiro atoms. The average molecular weight is 318 g/mol. The van der Waals surface area contributed by atoms with Crippen LogP contribution < -0.4 is 10.1 Å². The van der Waals surface area contributed by atoms with Crippen LogP contribution in [0.3, 0.4) is 0 Å². The van der Waals surface area contributed by atoms with Gasteiger partial charge in [-0.25, -0.2) is 4.98 Å². The molecule has 1 aromatic heterocycles. The van der Waals surface area contributed by atoms with E-state index in [2.05, 4.69) is 17.2 Å². The van der Waals surface area contributed by atoms with E-state index in [4.69, 9.17) is 4.74 Å². The van der Waals surface area contributed by atoms with Gasteiger partial charge in [0.15, 0.2) is 0 Å². The van der Waals surface area contributed by atoms with Gasteiger partial charge in [-0.3, -0.25) is 4.79 Å². The quantitative estimate of drug-likeness (QED) is 0.877. The fraction of sp³-hybridized carbons (Fsp3) is 0.412. The van der Waals surface area contributed by atoms with Crippen molar-refractivity contribution in [3.05, 3.63) is 45.9 Å². The standard InChI is InChI=1S/C17H22N2O2S/c1-5-17(3,4)19-16(20)13-6-8-15(9-7-13)21-10-14-11-22-12(2)18-14/h6-9,11H,5,10H2,1-4H3,(H,19,20). The predicted molar refractivity (Wildman–Crippen MR) is 89.5 cm³/mol. The number of hydrogen-bond acceptors (Lipinski definition) is 4. The van der Waals surface area contributed by atoms with Crippen LogP contribution in [0.2, 0.25) is 0 Å². The molecule has 2 aromatic rings. The summed E-state index contributed by atoms with van der Waals surface area (Å²) in [4.78, 5) is 16.5. The third-order valence-electron chi connectivity index (χ3n) is 3.51. The highest BCUT2D eigenvalue weighted by Gasteiger charge is 2.18. The van der Waals surface area contributed by atoms with Crippen LogP contribution in [0.5, 0.6) is 5.75 Å². The topological polar surface area (TPSA) is 51.2 Å². The van der Waals surface area contributed by atoms with Crippen LogP contribution in [0.25, 0.3) is 0 Å². The van der Waals surface area contributed by atoms with Gasteiger partial charge in [0.1, 0.15) is 12.4 Å². The van der Waals surface area contributed by atoms with E-state index in [1.165, 1.54) is 0 Å². The highest BCUT2D eigenvalue weighted by atomic mass is 32.1. The largest absolute Gasteiger partial charge is 0.487 e. The van der Waals surface area contributed by atoms with E-state index in [-0.39, 0.29) is 11.4 Å². The molecule has 0 aliphatic heterocycles. The molecule has 0 fully saturated rings. The Morgan fingerprint density at radius 3 is 2.55 bits per heavy atom. The molecule has 0 atom stereocenters. The Balaban J connectivity index is 1.93. The van der Waals surface area contributed by atoms with Crippen LogP contribution in [0, 0.1) is 6.92 Å². The lowest BCUT2D eigenvalue weighted by atomic mass is 10.0. The minimum atomic E-state index is -0.200. The summed E-state index contributed by atoms with van der Waals surface area (Å²) in [5, 5.41) is 6.04. The summed E-state index contributed by atoms with van der Waals surface area (Å²) in [7, 11) is 0. The van der Waals surface area contributed by atoms with Gasteiger partial charge in [0.25, 0.3) is 5.91 Å². The molecule has 1 N–H and O–H groups in total. The second-order valence-corrected chi connectivity index (χ2v) is 6.92. The normalized spacial score (nSPS) is 11.3. The molecule has 22 heavy (non-hydrogen) atoms. The van der Waals surface area contributed by atoms with Gasteiger partial charge in [-0.15, -0.1) is 11.3 Å². The third-order valence-corrected chi connectivity index (χ3v) is 4.33. The van der Waals surface area contributed by atoms with E-state index in [1.807, 2.05) is 38.3 Å². The fourth-order valence-corrected chi connectivity index (χ4v) is 2.40. The summed E-state index contributed by atoms with van der Waals surface area (Å²) >= 11 is 1.61. The van der Waals surface area contributed by atoms with Gasteiger partial charge < -0.3 is 10.1 Å². The van der Waals surface area contributed by atoms with Gasteiger partial charge in [-0.05, 0) is 51.5 Å². The maximum absolute atomic E-state index is 12.2. The Morgan fingerprint density at radius 1 is 1.32 bits per heavy atom. The molecule has 0 aliphatic carbocycles. The number of rotatable bonds is 6. The van der Waals surface area contributed by atoms with Crippen molar-refractivity contribution in [2.45, 2.75) is 46.3 Å². The molecule has 4 nitrogen and oxygen atoms in total. The molecular weight excluding hydrogens is 296 g/mol. The monoisotopic (exact) mass is 318 g/mol. The molecule has 0 aliphatic rings. The highest BCUT2D eigenvalue weighted by molar-refractivity contribution is 7.09. The maximum atomic E-state index is 12.2. The summed E-state index contributed by atoms with van der Waals surface area (Å²) < 4.78 is 5.67. The van der Waals surface area contributed by atoms with Gasteiger partial charge in [0.2, 0.25) is 0 Å². The molecule has 1 heterocycles. The number of nitrogens with one attached hydrogen (secondary N) is 1. The van der Waals surface area contributed by atoms with Crippen molar-refractivity contribution in [3.8, 4) is 5.75 Å². The minimum Gasteiger partial charge on any atom is -0.487 e. The zero-order valence-corrected chi connectivity index (χ0v) is 14.3. The van der Waals surface area contributed by atoms with Crippen LogP contribution in [0.4, 0.5) is 0 Å². The molecular formula is C17H22N2O2S. The molecule has 1 amide bonds. The van der Waals surface area contributed by atoms with Crippen molar-refractivity contribution in [2.24, 2.45) is 0 Å². The molecule has 0 radical (unpaired) electrons. The number of carbonyl (C=O) groups is 1. The van der Waals surface area contributed by atoms with Crippen LogP contribution in [0.15, 0.2) is 29.6 Å². The Hall–Kier alpha value is -1.88. The highest BCUT2D eigenvalue weighted by Crippen LogP contribution is 2.16. The first-order valence-electron chi connectivity index (χ1n) is 7.36. The van der Waals surface area contributed by atoms with E-state index in [0.29, 0.717) is 12.2 Å². The smallest absolute Gasteiger partial charge is 0.251 e. The number of aryl methyl sites for hydroxylation is 1. The second-order valence-electron chi connectivity index (χ2n) is 5.86. The minimum absolute atomic E-state index is 0.0615. The van der Waals surface area contributed by atoms with E-state index < -0.39 is 0 Å². The Labute approximate surface area is 135 Å². The number of benzene rings is 1. The number of aromatic nitrogens is 1. The lowest BCUT2D eigenvalue weighted by Gasteiger charge is -2.24. The van der Waals surface area contributed by atoms with Crippen LogP contribution in [0.1, 0.15) is 48.3 Å². The van der Waals surface area contributed by atoms with Gasteiger partial charge in [-0.1, -0.05) is 6.92 Å². The Morgan fingerprint density at radius 2 is 2.00 bits per heavy atom. The predicted octanol–water partition coefficient (Wildman–Crippen LogP) is 3.95. The van der Waals surface area contributed by atoms with Crippen molar-refractivity contribution >= 4 is 17.2 Å². The lowest BCUT2D eigenvalue weighted by Crippen LogP contribution is -2.42. The van der Waals surface area contributed by atoms with E-state index in [0.717, 1.165) is 22.9 Å². The SMILES string of the molecule is CCC(C)(C)NC(=O)c1ccc(OCc2csc(C)n2)cc1. The number of ether oxygens (including phenoxy) is 1. The maximum Gasteiger partial charge on any atom is 0.251 e. The number of amides is 1. The Bertz CT molecular complexity index is 632. The van der Waals surface area contributed by atoms with Crippen LogP contribution in [-0.4, -0.2) is 16.4 Å². The summed E-state index contributed by atoms with van der Waals surface area (Å²) in [6.45, 7) is 8.49. The molecule has 1 aromatic carbocycles. The first-order chi connectivity index (χ1) is 10.4. The first kappa shape index (κ1) is 16.5. The van der Waals surface area contributed by atoms with E-state index in [9.17, 15) is 4.79 Å². The van der Waals surface area contributed by atoms with Crippen molar-refractivity contribution in [1.82, 2.24) is 10.3 Å². The van der Waals surface area contributed by atoms with Crippen LogP contribution in [-0.2, 0) is 6.61 Å². The second kappa shape index (κ2) is 6.92. The van der Waals surface area contributed by atoms with Gasteiger partial charge in [0, 0.05) is 16.5 Å². The zero-order valence-electron chi connectivity index (χ0n) is 13.5. The van der Waals surface area contributed by atoms with E-state index in [1.54, 1.807) is 23.5 Å². The summed E-state index contributed by atoms with van der Waals surface area (Å²) in [5.41, 5.74) is 1.36. The molecule has 0 bridgehead atoms. The molecule has 0 saturated heterocycles. The molecule has 5 heteroatoms. The van der Waals surface area contributed by atoms with Gasteiger partial charge >= 0.3 is 0 Å². The number of nitrogens with zero attached hydrogens (tertiary/aromatic N) is 1. The molecule has 0 saturated carbocycles. The third kappa shape index (κ3) is 4.56. The first-order valence-corrected chi connectivity index (χ1v) is 8.24. The average Bonchev–Trinajstić information content (AvgIpc) is 2.91. The van der Waals surface area contributed by atoms with E-state index >= 15 is 0 Å². The summed E-state index contributed by atoms with van der Waals surface area (Å²) in [6, 6.07) is 7.19. The molecule has 2 rings (SSSR count).